The first-order valence-electron chi connectivity index (χ1n) is 9.75. The number of amides is 1. The predicted octanol–water partition coefficient (Wildman–Crippen LogP) is 1.89. The molecule has 0 unspecified atom stereocenters. The van der Waals surface area contributed by atoms with Crippen molar-refractivity contribution in [1.82, 2.24) is 14.9 Å². The summed E-state index contributed by atoms with van der Waals surface area (Å²) in [6.45, 7) is 5.47. The number of halogens is 1. The second-order valence-electron chi connectivity index (χ2n) is 6.92. The first-order chi connectivity index (χ1) is 14.2. The SMILES string of the molecule is O=C(CSc1cc(N2CCN(c3ccccc3F)CC2)ncn1)N1CCOCC1. The Labute approximate surface area is 173 Å². The Bertz CT molecular complexity index is 841. The van der Waals surface area contributed by atoms with Crippen LogP contribution in [0.4, 0.5) is 15.9 Å². The van der Waals surface area contributed by atoms with Crippen LogP contribution in [0.2, 0.25) is 0 Å². The van der Waals surface area contributed by atoms with Crippen LogP contribution in [-0.4, -0.2) is 79.0 Å². The van der Waals surface area contributed by atoms with E-state index in [2.05, 4.69) is 19.8 Å². The van der Waals surface area contributed by atoms with Crippen LogP contribution in [0, 0.1) is 5.82 Å². The highest BCUT2D eigenvalue weighted by Gasteiger charge is 2.21. The molecule has 0 spiro atoms. The number of para-hydroxylation sites is 1. The van der Waals surface area contributed by atoms with Crippen LogP contribution in [0.25, 0.3) is 0 Å². The van der Waals surface area contributed by atoms with Gasteiger partial charge in [0.25, 0.3) is 0 Å². The van der Waals surface area contributed by atoms with Crippen LogP contribution in [0.1, 0.15) is 0 Å². The van der Waals surface area contributed by atoms with Gasteiger partial charge >= 0.3 is 0 Å². The Balaban J connectivity index is 1.32. The molecule has 1 aromatic heterocycles. The maximum Gasteiger partial charge on any atom is 0.233 e. The van der Waals surface area contributed by atoms with E-state index in [1.165, 1.54) is 17.8 Å². The number of anilines is 2. The molecule has 7 nitrogen and oxygen atoms in total. The Morgan fingerprint density at radius 1 is 1.03 bits per heavy atom. The van der Waals surface area contributed by atoms with Gasteiger partial charge in [0.1, 0.15) is 23.0 Å². The first kappa shape index (κ1) is 19.9. The minimum absolute atomic E-state index is 0.108. The lowest BCUT2D eigenvalue weighted by Gasteiger charge is -2.36. The Morgan fingerprint density at radius 3 is 2.52 bits per heavy atom. The number of nitrogens with zero attached hydrogens (tertiary/aromatic N) is 5. The highest BCUT2D eigenvalue weighted by Crippen LogP contribution is 2.24. The summed E-state index contributed by atoms with van der Waals surface area (Å²) in [5.41, 5.74) is 0.646. The molecular formula is C20H24FN5O2S. The minimum atomic E-state index is -0.188. The van der Waals surface area contributed by atoms with Crippen molar-refractivity contribution in [2.45, 2.75) is 5.03 Å². The number of aromatic nitrogens is 2. The van der Waals surface area contributed by atoms with E-state index >= 15 is 0 Å². The zero-order chi connectivity index (χ0) is 20.1. The number of carbonyl (C=O) groups is 1. The van der Waals surface area contributed by atoms with Gasteiger partial charge in [-0.1, -0.05) is 23.9 Å². The van der Waals surface area contributed by atoms with Crippen molar-refractivity contribution < 1.29 is 13.9 Å². The number of carbonyl (C=O) groups excluding carboxylic acids is 1. The molecule has 0 radical (unpaired) electrons. The van der Waals surface area contributed by atoms with Gasteiger partial charge in [-0.25, -0.2) is 14.4 Å². The van der Waals surface area contributed by atoms with E-state index in [-0.39, 0.29) is 11.7 Å². The fourth-order valence-corrected chi connectivity index (χ4v) is 4.27. The third kappa shape index (κ3) is 4.97. The molecule has 2 saturated heterocycles. The molecule has 0 bridgehead atoms. The third-order valence-corrected chi connectivity index (χ3v) is 6.04. The largest absolute Gasteiger partial charge is 0.378 e. The highest BCUT2D eigenvalue weighted by atomic mass is 32.2. The average Bonchev–Trinajstić information content (AvgIpc) is 2.79. The zero-order valence-corrected chi connectivity index (χ0v) is 17.0. The zero-order valence-electron chi connectivity index (χ0n) is 16.2. The fourth-order valence-electron chi connectivity index (χ4n) is 3.51. The monoisotopic (exact) mass is 417 g/mol. The van der Waals surface area contributed by atoms with Crippen molar-refractivity contribution in [3.05, 3.63) is 42.5 Å². The van der Waals surface area contributed by atoms with Gasteiger partial charge in [0.05, 0.1) is 24.7 Å². The molecule has 9 heteroatoms. The maximum atomic E-state index is 14.0. The molecule has 154 valence electrons. The summed E-state index contributed by atoms with van der Waals surface area (Å²) in [5.74, 6) is 1.12. The topological polar surface area (TPSA) is 61.8 Å². The maximum absolute atomic E-state index is 14.0. The molecule has 0 atom stereocenters. The summed E-state index contributed by atoms with van der Waals surface area (Å²) < 4.78 is 19.3. The van der Waals surface area contributed by atoms with Crippen LogP contribution in [0.15, 0.2) is 41.7 Å². The average molecular weight is 418 g/mol. The molecule has 3 heterocycles. The molecule has 0 aliphatic carbocycles. The van der Waals surface area contributed by atoms with Crippen molar-refractivity contribution in [3.63, 3.8) is 0 Å². The van der Waals surface area contributed by atoms with E-state index in [4.69, 9.17) is 4.74 Å². The van der Waals surface area contributed by atoms with Gasteiger partial charge in [-0.15, -0.1) is 0 Å². The van der Waals surface area contributed by atoms with Crippen molar-refractivity contribution in [2.75, 3.05) is 68.0 Å². The second kappa shape index (κ2) is 9.41. The molecule has 4 rings (SSSR count). The van der Waals surface area contributed by atoms with Crippen LogP contribution in [0.5, 0.6) is 0 Å². The molecule has 2 aliphatic heterocycles. The Morgan fingerprint density at radius 2 is 1.76 bits per heavy atom. The summed E-state index contributed by atoms with van der Waals surface area (Å²) in [4.78, 5) is 27.1. The van der Waals surface area contributed by atoms with Crippen molar-refractivity contribution in [3.8, 4) is 0 Å². The number of morpholine rings is 1. The normalized spacial score (nSPS) is 17.5. The van der Waals surface area contributed by atoms with Crippen LogP contribution >= 0.6 is 11.8 Å². The lowest BCUT2D eigenvalue weighted by atomic mass is 10.2. The van der Waals surface area contributed by atoms with E-state index in [9.17, 15) is 9.18 Å². The van der Waals surface area contributed by atoms with Gasteiger partial charge in [-0.3, -0.25) is 4.79 Å². The number of hydrogen-bond donors (Lipinski definition) is 0. The summed E-state index contributed by atoms with van der Waals surface area (Å²) in [6, 6.07) is 8.80. The smallest absolute Gasteiger partial charge is 0.233 e. The van der Waals surface area contributed by atoms with Gasteiger partial charge in [0.15, 0.2) is 0 Å². The van der Waals surface area contributed by atoms with Crippen LogP contribution < -0.4 is 9.80 Å². The molecule has 2 aliphatic rings. The third-order valence-electron chi connectivity index (χ3n) is 5.13. The van der Waals surface area contributed by atoms with Crippen LogP contribution in [0.3, 0.4) is 0 Å². The lowest BCUT2D eigenvalue weighted by molar-refractivity contribution is -0.132. The highest BCUT2D eigenvalue weighted by molar-refractivity contribution is 7.99. The fraction of sp³-hybridized carbons (Fsp3) is 0.450. The number of hydrogen-bond acceptors (Lipinski definition) is 7. The van der Waals surface area contributed by atoms with Gasteiger partial charge < -0.3 is 19.4 Å². The van der Waals surface area contributed by atoms with E-state index in [0.29, 0.717) is 37.7 Å². The molecule has 1 aromatic carbocycles. The van der Waals surface area contributed by atoms with Gasteiger partial charge in [0.2, 0.25) is 5.91 Å². The number of ether oxygens (including phenoxy) is 1. The Kier molecular flexibility index (Phi) is 6.46. The van der Waals surface area contributed by atoms with Crippen molar-refractivity contribution in [2.24, 2.45) is 0 Å². The molecule has 29 heavy (non-hydrogen) atoms. The number of benzene rings is 1. The lowest BCUT2D eigenvalue weighted by Crippen LogP contribution is -2.47. The number of thioether (sulfide) groups is 1. The standard InChI is InChI=1S/C20H24FN5O2S/c21-16-3-1-2-4-17(16)24-5-7-25(8-6-24)18-13-19(23-15-22-18)29-14-20(27)26-9-11-28-12-10-26/h1-4,13,15H,5-12,14H2. The molecule has 2 fully saturated rings. The first-order valence-corrected chi connectivity index (χ1v) is 10.7. The summed E-state index contributed by atoms with van der Waals surface area (Å²) in [5, 5.41) is 0.785. The van der Waals surface area contributed by atoms with Gasteiger partial charge in [-0.05, 0) is 12.1 Å². The molecule has 2 aromatic rings. The van der Waals surface area contributed by atoms with E-state index in [0.717, 1.165) is 37.0 Å². The van der Waals surface area contributed by atoms with E-state index < -0.39 is 0 Å². The number of piperazine rings is 1. The molecule has 0 N–H and O–H groups in total. The number of rotatable bonds is 5. The van der Waals surface area contributed by atoms with Crippen molar-refractivity contribution in [1.29, 1.82) is 0 Å². The van der Waals surface area contributed by atoms with Gasteiger partial charge in [0, 0.05) is 45.3 Å². The van der Waals surface area contributed by atoms with E-state index in [1.807, 2.05) is 23.1 Å². The predicted molar refractivity (Wildman–Crippen MR) is 111 cm³/mol. The summed E-state index contributed by atoms with van der Waals surface area (Å²) >= 11 is 1.43. The minimum Gasteiger partial charge on any atom is -0.378 e. The van der Waals surface area contributed by atoms with E-state index in [1.54, 1.807) is 12.4 Å². The molecule has 1 amide bonds. The van der Waals surface area contributed by atoms with Crippen molar-refractivity contribution >= 4 is 29.2 Å². The quantitative estimate of drug-likeness (QED) is 0.544. The summed E-state index contributed by atoms with van der Waals surface area (Å²) in [7, 11) is 0. The molecular weight excluding hydrogens is 393 g/mol. The summed E-state index contributed by atoms with van der Waals surface area (Å²) in [6.07, 6.45) is 1.54. The van der Waals surface area contributed by atoms with Gasteiger partial charge in [-0.2, -0.15) is 0 Å². The Hall–Kier alpha value is -2.39. The second-order valence-corrected chi connectivity index (χ2v) is 7.92. The molecule has 0 saturated carbocycles. The van der Waals surface area contributed by atoms with Crippen LogP contribution in [-0.2, 0) is 9.53 Å².